The number of hydrogen-bond acceptors (Lipinski definition) is 5. The van der Waals surface area contributed by atoms with Crippen LogP contribution in [0.5, 0.6) is 0 Å². The number of benzene rings is 1. The molecule has 19 heavy (non-hydrogen) atoms. The van der Waals surface area contributed by atoms with Gasteiger partial charge < -0.3 is 5.73 Å². The summed E-state index contributed by atoms with van der Waals surface area (Å²) in [5, 5.41) is 11.6. The zero-order valence-electron chi connectivity index (χ0n) is 9.75. The van der Waals surface area contributed by atoms with Gasteiger partial charge in [-0.1, -0.05) is 23.9 Å². The van der Waals surface area contributed by atoms with Crippen molar-refractivity contribution < 1.29 is 4.92 Å². The molecule has 0 amide bonds. The normalized spacial score (nSPS) is 10.4. The summed E-state index contributed by atoms with van der Waals surface area (Å²) in [5.41, 5.74) is 7.30. The lowest BCUT2D eigenvalue weighted by Gasteiger charge is -2.06. The van der Waals surface area contributed by atoms with E-state index < -0.39 is 4.92 Å². The average Bonchev–Trinajstić information content (AvgIpc) is 2.39. The molecule has 1 aromatic carbocycles. The molecule has 0 unspecified atom stereocenters. The van der Waals surface area contributed by atoms with Crippen LogP contribution in [0.3, 0.4) is 0 Å². The Bertz CT molecular complexity index is 622. The van der Waals surface area contributed by atoms with Gasteiger partial charge in [0.1, 0.15) is 5.03 Å². The molecule has 0 spiro atoms. The minimum absolute atomic E-state index is 0.0621. The SMILES string of the molecule is Nc1cccnc1SCc1cccc([N+](=O)[O-])c1Br. The molecule has 7 heteroatoms. The standard InChI is InChI=1S/C12H10BrN3O2S/c13-11-8(3-1-5-10(11)16(17)18)7-19-12-9(14)4-2-6-15-12/h1-6H,7,14H2. The number of halogens is 1. The lowest BCUT2D eigenvalue weighted by atomic mass is 10.2. The van der Waals surface area contributed by atoms with Crippen LogP contribution in [0.15, 0.2) is 46.0 Å². The van der Waals surface area contributed by atoms with Crippen molar-refractivity contribution in [3.63, 3.8) is 0 Å². The molecule has 0 saturated carbocycles. The first-order chi connectivity index (χ1) is 9.09. The van der Waals surface area contributed by atoms with Gasteiger partial charge >= 0.3 is 0 Å². The van der Waals surface area contributed by atoms with Crippen molar-refractivity contribution in [2.24, 2.45) is 0 Å². The summed E-state index contributed by atoms with van der Waals surface area (Å²) in [6, 6.07) is 8.51. The molecule has 0 aliphatic heterocycles. The molecule has 1 heterocycles. The Morgan fingerprint density at radius 1 is 1.37 bits per heavy atom. The molecule has 0 fully saturated rings. The van der Waals surface area contributed by atoms with Crippen molar-refractivity contribution in [1.82, 2.24) is 4.98 Å². The molecule has 2 aromatic rings. The topological polar surface area (TPSA) is 82.0 Å². The Balaban J connectivity index is 2.19. The minimum Gasteiger partial charge on any atom is -0.397 e. The summed E-state index contributed by atoms with van der Waals surface area (Å²) in [6.07, 6.45) is 1.67. The maximum atomic E-state index is 10.8. The molecule has 0 bridgehead atoms. The molecule has 0 radical (unpaired) electrons. The highest BCUT2D eigenvalue weighted by atomic mass is 79.9. The lowest BCUT2D eigenvalue weighted by Crippen LogP contribution is -1.94. The van der Waals surface area contributed by atoms with Crippen LogP contribution in [0.2, 0.25) is 0 Å². The predicted molar refractivity (Wildman–Crippen MR) is 79.0 cm³/mol. The molecular formula is C12H10BrN3O2S. The van der Waals surface area contributed by atoms with Gasteiger partial charge in [-0.15, -0.1) is 0 Å². The van der Waals surface area contributed by atoms with Crippen LogP contribution in [0, 0.1) is 10.1 Å². The molecule has 1 aromatic heterocycles. The van der Waals surface area contributed by atoms with Crippen LogP contribution in [0.4, 0.5) is 11.4 Å². The van der Waals surface area contributed by atoms with E-state index in [0.717, 1.165) is 10.6 Å². The van der Waals surface area contributed by atoms with Crippen LogP contribution < -0.4 is 5.73 Å². The van der Waals surface area contributed by atoms with Crippen LogP contribution in [-0.4, -0.2) is 9.91 Å². The van der Waals surface area contributed by atoms with E-state index in [0.29, 0.717) is 15.9 Å². The molecule has 98 valence electrons. The van der Waals surface area contributed by atoms with Gasteiger partial charge in [0.2, 0.25) is 0 Å². The maximum absolute atomic E-state index is 10.8. The van der Waals surface area contributed by atoms with Crippen molar-refractivity contribution in [3.8, 4) is 0 Å². The van der Waals surface area contributed by atoms with Crippen LogP contribution in [0.25, 0.3) is 0 Å². The van der Waals surface area contributed by atoms with E-state index in [1.54, 1.807) is 24.4 Å². The highest BCUT2D eigenvalue weighted by Crippen LogP contribution is 2.33. The summed E-state index contributed by atoms with van der Waals surface area (Å²) in [5.74, 6) is 0.559. The fraction of sp³-hybridized carbons (Fsp3) is 0.0833. The fourth-order valence-corrected chi connectivity index (χ4v) is 3.13. The van der Waals surface area contributed by atoms with Gasteiger partial charge in [0.05, 0.1) is 15.1 Å². The highest BCUT2D eigenvalue weighted by Gasteiger charge is 2.15. The van der Waals surface area contributed by atoms with Crippen LogP contribution >= 0.6 is 27.7 Å². The second-order valence-corrected chi connectivity index (χ2v) is 5.45. The third-order valence-corrected chi connectivity index (χ3v) is 4.41. The molecule has 2 N–H and O–H groups in total. The minimum atomic E-state index is -0.409. The molecular weight excluding hydrogens is 330 g/mol. The number of thioether (sulfide) groups is 1. The van der Waals surface area contributed by atoms with E-state index in [9.17, 15) is 10.1 Å². The number of nitrogen functional groups attached to an aromatic ring is 1. The molecule has 5 nitrogen and oxygen atoms in total. The average molecular weight is 340 g/mol. The molecule has 0 aliphatic carbocycles. The molecule has 0 atom stereocenters. The largest absolute Gasteiger partial charge is 0.397 e. The predicted octanol–water partition coefficient (Wildman–Crippen LogP) is 3.63. The second-order valence-electron chi connectivity index (χ2n) is 3.69. The smallest absolute Gasteiger partial charge is 0.283 e. The number of hydrogen-bond donors (Lipinski definition) is 1. The maximum Gasteiger partial charge on any atom is 0.283 e. The van der Waals surface area contributed by atoms with E-state index in [-0.39, 0.29) is 5.69 Å². The van der Waals surface area contributed by atoms with Crippen LogP contribution in [0.1, 0.15) is 5.56 Å². The van der Waals surface area contributed by atoms with Gasteiger partial charge in [0.25, 0.3) is 5.69 Å². The van der Waals surface area contributed by atoms with Gasteiger partial charge in [-0.3, -0.25) is 10.1 Å². The number of anilines is 1. The third-order valence-electron chi connectivity index (χ3n) is 2.42. The lowest BCUT2D eigenvalue weighted by molar-refractivity contribution is -0.385. The van der Waals surface area contributed by atoms with Crippen molar-refractivity contribution >= 4 is 39.1 Å². The third kappa shape index (κ3) is 3.24. The zero-order valence-corrected chi connectivity index (χ0v) is 12.1. The summed E-state index contributed by atoms with van der Waals surface area (Å²) < 4.78 is 0.502. The van der Waals surface area contributed by atoms with Crippen molar-refractivity contribution in [3.05, 3.63) is 56.7 Å². The first-order valence-electron chi connectivity index (χ1n) is 5.34. The van der Waals surface area contributed by atoms with Crippen molar-refractivity contribution in [1.29, 1.82) is 0 Å². The van der Waals surface area contributed by atoms with Crippen LogP contribution in [-0.2, 0) is 5.75 Å². The number of rotatable bonds is 4. The van der Waals surface area contributed by atoms with Gasteiger partial charge in [0.15, 0.2) is 0 Å². The first-order valence-corrected chi connectivity index (χ1v) is 7.12. The van der Waals surface area contributed by atoms with E-state index >= 15 is 0 Å². The Morgan fingerprint density at radius 3 is 2.84 bits per heavy atom. The Morgan fingerprint density at radius 2 is 2.16 bits per heavy atom. The Kier molecular flexibility index (Phi) is 4.39. The van der Waals surface area contributed by atoms with Crippen molar-refractivity contribution in [2.75, 3.05) is 5.73 Å². The summed E-state index contributed by atoms with van der Waals surface area (Å²) in [6.45, 7) is 0. The van der Waals surface area contributed by atoms with E-state index in [4.69, 9.17) is 5.73 Å². The quantitative estimate of drug-likeness (QED) is 0.522. The van der Waals surface area contributed by atoms with E-state index in [2.05, 4.69) is 20.9 Å². The number of nitro groups is 1. The van der Waals surface area contributed by atoms with Gasteiger partial charge in [-0.05, 0) is 33.6 Å². The monoisotopic (exact) mass is 339 g/mol. The Labute approximate surface area is 122 Å². The number of nitrogens with zero attached hydrogens (tertiary/aromatic N) is 2. The van der Waals surface area contributed by atoms with Gasteiger partial charge in [-0.25, -0.2) is 4.98 Å². The van der Waals surface area contributed by atoms with Gasteiger partial charge in [-0.2, -0.15) is 0 Å². The summed E-state index contributed by atoms with van der Waals surface area (Å²) in [4.78, 5) is 14.6. The first kappa shape index (κ1) is 13.8. The zero-order chi connectivity index (χ0) is 13.8. The number of nitro benzene ring substituents is 1. The van der Waals surface area contributed by atoms with Gasteiger partial charge in [0, 0.05) is 18.0 Å². The fourth-order valence-electron chi connectivity index (χ4n) is 1.49. The summed E-state index contributed by atoms with van der Waals surface area (Å²) in [7, 11) is 0. The molecule has 0 saturated heterocycles. The number of nitrogens with two attached hydrogens (primary N) is 1. The van der Waals surface area contributed by atoms with E-state index in [1.165, 1.54) is 17.8 Å². The molecule has 2 rings (SSSR count). The number of aromatic nitrogens is 1. The summed E-state index contributed by atoms with van der Waals surface area (Å²) >= 11 is 4.71. The van der Waals surface area contributed by atoms with E-state index in [1.807, 2.05) is 6.07 Å². The Hall–Kier alpha value is -1.60. The van der Waals surface area contributed by atoms with Crippen molar-refractivity contribution in [2.45, 2.75) is 10.8 Å². The highest BCUT2D eigenvalue weighted by molar-refractivity contribution is 9.10. The molecule has 0 aliphatic rings. The second kappa shape index (κ2) is 6.03. The number of pyridine rings is 1.